The van der Waals surface area contributed by atoms with Crippen LogP contribution < -0.4 is 10.6 Å². The zero-order valence-electron chi connectivity index (χ0n) is 11.2. The average molecular weight is 325 g/mol. The van der Waals surface area contributed by atoms with E-state index in [0.29, 0.717) is 10.7 Å². The van der Waals surface area contributed by atoms with Gasteiger partial charge >= 0.3 is 0 Å². The van der Waals surface area contributed by atoms with Crippen LogP contribution in [-0.2, 0) is 4.79 Å². The molecule has 22 heavy (non-hydrogen) atoms. The van der Waals surface area contributed by atoms with E-state index in [4.69, 9.17) is 11.6 Å². The number of benzene rings is 2. The molecule has 0 saturated heterocycles. The van der Waals surface area contributed by atoms with Crippen molar-refractivity contribution in [2.75, 3.05) is 11.9 Å². The van der Waals surface area contributed by atoms with Crippen LogP contribution in [0.5, 0.6) is 0 Å². The van der Waals surface area contributed by atoms with E-state index in [0.717, 1.165) is 18.2 Å². The summed E-state index contributed by atoms with van der Waals surface area (Å²) in [6.45, 7) is -0.330. The largest absolute Gasteiger partial charge is 0.343 e. The number of rotatable bonds is 4. The summed E-state index contributed by atoms with van der Waals surface area (Å²) in [6.07, 6.45) is 0. The van der Waals surface area contributed by atoms with E-state index in [9.17, 15) is 18.4 Å². The highest BCUT2D eigenvalue weighted by Gasteiger charge is 2.11. The lowest BCUT2D eigenvalue weighted by molar-refractivity contribution is -0.115. The molecule has 0 saturated carbocycles. The molecule has 0 aliphatic heterocycles. The molecule has 4 nitrogen and oxygen atoms in total. The topological polar surface area (TPSA) is 58.2 Å². The summed E-state index contributed by atoms with van der Waals surface area (Å²) in [4.78, 5) is 23.4. The molecule has 0 fully saturated rings. The average Bonchev–Trinajstić information content (AvgIpc) is 2.50. The number of carbonyl (C=O) groups is 2. The molecule has 7 heteroatoms. The molecule has 0 heterocycles. The van der Waals surface area contributed by atoms with E-state index in [1.807, 2.05) is 0 Å². The quantitative estimate of drug-likeness (QED) is 0.908. The molecular formula is C15H11ClF2N2O2. The Morgan fingerprint density at radius 2 is 1.77 bits per heavy atom. The molecule has 0 unspecified atom stereocenters. The van der Waals surface area contributed by atoms with E-state index in [2.05, 4.69) is 10.6 Å². The van der Waals surface area contributed by atoms with E-state index < -0.39 is 23.4 Å². The molecule has 2 amide bonds. The number of amides is 2. The lowest BCUT2D eigenvalue weighted by Crippen LogP contribution is -2.33. The molecule has 2 aromatic carbocycles. The van der Waals surface area contributed by atoms with Crippen molar-refractivity contribution < 1.29 is 18.4 Å². The van der Waals surface area contributed by atoms with E-state index >= 15 is 0 Å². The van der Waals surface area contributed by atoms with Crippen molar-refractivity contribution >= 4 is 29.1 Å². The first-order valence-electron chi connectivity index (χ1n) is 6.25. The second-order valence-corrected chi connectivity index (χ2v) is 4.75. The highest BCUT2D eigenvalue weighted by atomic mass is 35.5. The Hall–Kier alpha value is -2.47. The van der Waals surface area contributed by atoms with Crippen molar-refractivity contribution in [3.8, 4) is 0 Å². The van der Waals surface area contributed by atoms with Gasteiger partial charge in [-0.25, -0.2) is 8.78 Å². The number of para-hydroxylation sites is 1. The van der Waals surface area contributed by atoms with Crippen molar-refractivity contribution in [1.82, 2.24) is 5.32 Å². The minimum Gasteiger partial charge on any atom is -0.343 e. The summed E-state index contributed by atoms with van der Waals surface area (Å²) in [5.41, 5.74) is 0.334. The molecule has 0 spiro atoms. The van der Waals surface area contributed by atoms with Gasteiger partial charge in [0.05, 0.1) is 17.3 Å². The van der Waals surface area contributed by atoms with Gasteiger partial charge in [-0.15, -0.1) is 0 Å². The highest BCUT2D eigenvalue weighted by molar-refractivity contribution is 6.33. The predicted octanol–water partition coefficient (Wildman–Crippen LogP) is 2.99. The van der Waals surface area contributed by atoms with Crippen LogP contribution in [0, 0.1) is 11.6 Å². The van der Waals surface area contributed by atoms with E-state index in [-0.39, 0.29) is 12.1 Å². The number of hydrogen-bond acceptors (Lipinski definition) is 2. The van der Waals surface area contributed by atoms with Crippen LogP contribution in [0.15, 0.2) is 42.5 Å². The normalized spacial score (nSPS) is 10.1. The Labute approximate surface area is 130 Å². The Kier molecular flexibility index (Phi) is 5.06. The lowest BCUT2D eigenvalue weighted by atomic mass is 10.2. The van der Waals surface area contributed by atoms with Crippen LogP contribution in [0.3, 0.4) is 0 Å². The van der Waals surface area contributed by atoms with E-state index in [1.54, 1.807) is 24.3 Å². The monoisotopic (exact) mass is 324 g/mol. The van der Waals surface area contributed by atoms with Crippen molar-refractivity contribution in [1.29, 1.82) is 0 Å². The zero-order valence-corrected chi connectivity index (χ0v) is 12.0. The van der Waals surface area contributed by atoms with E-state index in [1.165, 1.54) is 0 Å². The van der Waals surface area contributed by atoms with Crippen molar-refractivity contribution in [2.24, 2.45) is 0 Å². The second kappa shape index (κ2) is 7.00. The first-order chi connectivity index (χ1) is 10.5. The molecule has 0 aliphatic rings. The van der Waals surface area contributed by atoms with Gasteiger partial charge in [0.1, 0.15) is 0 Å². The standard InChI is InChI=1S/C15H11ClF2N2O2/c16-10-3-1-2-4-13(10)20-14(21)8-19-15(22)9-5-6-11(17)12(18)7-9/h1-7H,8H2,(H,19,22)(H,20,21). The molecule has 0 bridgehead atoms. The molecule has 0 aromatic heterocycles. The molecule has 0 aliphatic carbocycles. The third kappa shape index (κ3) is 4.02. The van der Waals surface area contributed by atoms with Gasteiger partial charge in [0.2, 0.25) is 5.91 Å². The van der Waals surface area contributed by atoms with Gasteiger partial charge in [-0.1, -0.05) is 23.7 Å². The highest BCUT2D eigenvalue weighted by Crippen LogP contribution is 2.20. The van der Waals surface area contributed by atoms with Gasteiger partial charge in [-0.05, 0) is 30.3 Å². The smallest absolute Gasteiger partial charge is 0.251 e. The van der Waals surface area contributed by atoms with Gasteiger partial charge in [0.25, 0.3) is 5.91 Å². The van der Waals surface area contributed by atoms with Gasteiger partial charge in [-0.3, -0.25) is 9.59 Å². The van der Waals surface area contributed by atoms with Crippen LogP contribution in [0.25, 0.3) is 0 Å². The molecule has 2 aromatic rings. The van der Waals surface area contributed by atoms with Crippen LogP contribution in [0.1, 0.15) is 10.4 Å². The number of hydrogen-bond donors (Lipinski definition) is 2. The van der Waals surface area contributed by atoms with Gasteiger partial charge in [-0.2, -0.15) is 0 Å². The van der Waals surface area contributed by atoms with Crippen LogP contribution in [-0.4, -0.2) is 18.4 Å². The maximum absolute atomic E-state index is 13.0. The Balaban J connectivity index is 1.92. The minimum absolute atomic E-state index is 0.0792. The molecule has 2 N–H and O–H groups in total. The van der Waals surface area contributed by atoms with Crippen molar-refractivity contribution in [3.63, 3.8) is 0 Å². The van der Waals surface area contributed by atoms with Crippen LogP contribution >= 0.6 is 11.6 Å². The van der Waals surface area contributed by atoms with Crippen LogP contribution in [0.2, 0.25) is 5.02 Å². The number of anilines is 1. The summed E-state index contributed by atoms with van der Waals surface area (Å²) in [6, 6.07) is 9.35. The maximum atomic E-state index is 13.0. The molecule has 0 radical (unpaired) electrons. The van der Waals surface area contributed by atoms with Gasteiger partial charge < -0.3 is 10.6 Å². The van der Waals surface area contributed by atoms with Gasteiger partial charge in [0, 0.05) is 5.56 Å². The number of halogens is 3. The summed E-state index contributed by atoms with van der Waals surface area (Å²) < 4.78 is 25.8. The Bertz CT molecular complexity index is 722. The first-order valence-corrected chi connectivity index (χ1v) is 6.63. The molecular weight excluding hydrogens is 314 g/mol. The summed E-state index contributed by atoms with van der Waals surface area (Å²) in [7, 11) is 0. The summed E-state index contributed by atoms with van der Waals surface area (Å²) in [5.74, 6) is -3.36. The fourth-order valence-corrected chi connectivity index (χ4v) is 1.84. The fourth-order valence-electron chi connectivity index (χ4n) is 1.66. The lowest BCUT2D eigenvalue weighted by Gasteiger charge is -2.08. The Morgan fingerprint density at radius 3 is 2.45 bits per heavy atom. The SMILES string of the molecule is O=C(CNC(=O)c1ccc(F)c(F)c1)Nc1ccccc1Cl. The molecule has 114 valence electrons. The first kappa shape index (κ1) is 15.9. The minimum atomic E-state index is -1.13. The van der Waals surface area contributed by atoms with Crippen LogP contribution in [0.4, 0.5) is 14.5 Å². The number of nitrogens with one attached hydrogen (secondary N) is 2. The second-order valence-electron chi connectivity index (χ2n) is 4.34. The van der Waals surface area contributed by atoms with Crippen molar-refractivity contribution in [2.45, 2.75) is 0 Å². The Morgan fingerprint density at radius 1 is 1.05 bits per heavy atom. The van der Waals surface area contributed by atoms with Gasteiger partial charge in [0.15, 0.2) is 11.6 Å². The zero-order chi connectivity index (χ0) is 16.1. The maximum Gasteiger partial charge on any atom is 0.251 e. The number of carbonyl (C=O) groups excluding carboxylic acids is 2. The third-order valence-electron chi connectivity index (χ3n) is 2.74. The molecule has 2 rings (SSSR count). The summed E-state index contributed by atoms with van der Waals surface area (Å²) >= 11 is 5.88. The molecule has 0 atom stereocenters. The third-order valence-corrected chi connectivity index (χ3v) is 3.07. The summed E-state index contributed by atoms with van der Waals surface area (Å²) in [5, 5.41) is 5.18. The van der Waals surface area contributed by atoms with Crippen molar-refractivity contribution in [3.05, 3.63) is 64.7 Å². The predicted molar refractivity (Wildman–Crippen MR) is 78.8 cm³/mol. The fraction of sp³-hybridized carbons (Fsp3) is 0.0667.